The van der Waals surface area contributed by atoms with Gasteiger partial charge in [-0.3, -0.25) is 0 Å². The molecule has 0 aliphatic heterocycles. The SMILES string of the molecule is Cn1c2c(c3cccc(Br)c31)CCCCC2. The first-order valence-electron chi connectivity index (χ1n) is 6.03. The fourth-order valence-electron chi connectivity index (χ4n) is 2.96. The molecule has 1 heterocycles. The summed E-state index contributed by atoms with van der Waals surface area (Å²) in [4.78, 5) is 0. The monoisotopic (exact) mass is 277 g/mol. The van der Waals surface area contributed by atoms with E-state index in [9.17, 15) is 0 Å². The minimum atomic E-state index is 1.22. The van der Waals surface area contributed by atoms with Gasteiger partial charge in [0.25, 0.3) is 0 Å². The maximum Gasteiger partial charge on any atom is 0.0627 e. The minimum absolute atomic E-state index is 1.22. The Balaban J connectivity index is 2.36. The van der Waals surface area contributed by atoms with E-state index >= 15 is 0 Å². The maximum absolute atomic E-state index is 3.67. The van der Waals surface area contributed by atoms with Crippen LogP contribution >= 0.6 is 15.9 Å². The molecule has 0 spiro atoms. The quantitative estimate of drug-likeness (QED) is 0.636. The van der Waals surface area contributed by atoms with Gasteiger partial charge in [-0.05, 0) is 53.2 Å². The summed E-state index contributed by atoms with van der Waals surface area (Å²) in [6.07, 6.45) is 6.56. The van der Waals surface area contributed by atoms with E-state index in [0.29, 0.717) is 0 Å². The lowest BCUT2D eigenvalue weighted by Crippen LogP contribution is -1.97. The smallest absolute Gasteiger partial charge is 0.0627 e. The average molecular weight is 278 g/mol. The minimum Gasteiger partial charge on any atom is -0.346 e. The van der Waals surface area contributed by atoms with Crippen molar-refractivity contribution in [2.24, 2.45) is 7.05 Å². The summed E-state index contributed by atoms with van der Waals surface area (Å²) >= 11 is 3.67. The van der Waals surface area contributed by atoms with E-state index in [1.165, 1.54) is 47.5 Å². The molecule has 3 rings (SSSR count). The van der Waals surface area contributed by atoms with Crippen molar-refractivity contribution in [1.29, 1.82) is 0 Å². The first-order chi connectivity index (χ1) is 7.79. The summed E-state index contributed by atoms with van der Waals surface area (Å²) < 4.78 is 3.61. The molecule has 1 aliphatic rings. The Labute approximate surface area is 105 Å². The van der Waals surface area contributed by atoms with Gasteiger partial charge in [0.2, 0.25) is 0 Å². The first kappa shape index (κ1) is 10.4. The number of nitrogens with zero attached hydrogens (tertiary/aromatic N) is 1. The number of aryl methyl sites for hydroxylation is 2. The van der Waals surface area contributed by atoms with Crippen molar-refractivity contribution in [3.05, 3.63) is 33.9 Å². The normalized spacial score (nSPS) is 16.1. The summed E-state index contributed by atoms with van der Waals surface area (Å²) in [6, 6.07) is 6.56. The van der Waals surface area contributed by atoms with Gasteiger partial charge in [-0.1, -0.05) is 18.6 Å². The Kier molecular flexibility index (Phi) is 2.55. The highest BCUT2D eigenvalue weighted by molar-refractivity contribution is 9.10. The van der Waals surface area contributed by atoms with E-state index in [4.69, 9.17) is 0 Å². The van der Waals surface area contributed by atoms with Gasteiger partial charge in [0.05, 0.1) is 5.52 Å². The molecule has 0 unspecified atom stereocenters. The molecule has 84 valence electrons. The fraction of sp³-hybridized carbons (Fsp3) is 0.429. The molecule has 0 saturated heterocycles. The standard InChI is InChI=1S/C14H16BrN/c1-16-13-9-4-2-3-6-10(13)11-7-5-8-12(15)14(11)16/h5,7-8H,2-4,6,9H2,1H3. The van der Waals surface area contributed by atoms with Crippen LogP contribution in [0.15, 0.2) is 22.7 Å². The largest absolute Gasteiger partial charge is 0.346 e. The number of para-hydroxylation sites is 1. The number of hydrogen-bond donors (Lipinski definition) is 0. The topological polar surface area (TPSA) is 4.93 Å². The average Bonchev–Trinajstić information content (AvgIpc) is 2.47. The molecule has 0 bridgehead atoms. The predicted octanol–water partition coefficient (Wildman–Crippen LogP) is 4.21. The number of hydrogen-bond acceptors (Lipinski definition) is 0. The van der Waals surface area contributed by atoms with Crippen molar-refractivity contribution in [2.75, 3.05) is 0 Å². The molecule has 0 N–H and O–H groups in total. The van der Waals surface area contributed by atoms with Crippen LogP contribution < -0.4 is 0 Å². The van der Waals surface area contributed by atoms with Crippen molar-refractivity contribution in [2.45, 2.75) is 32.1 Å². The predicted molar refractivity (Wildman–Crippen MR) is 71.9 cm³/mol. The number of rotatable bonds is 0. The lowest BCUT2D eigenvalue weighted by molar-refractivity contribution is 0.698. The zero-order valence-corrected chi connectivity index (χ0v) is 11.2. The molecular formula is C14H16BrN. The number of aromatic nitrogens is 1. The number of benzene rings is 1. The zero-order valence-electron chi connectivity index (χ0n) is 9.59. The highest BCUT2D eigenvalue weighted by atomic mass is 79.9. The van der Waals surface area contributed by atoms with Crippen molar-refractivity contribution in [3.63, 3.8) is 0 Å². The molecule has 0 fully saturated rings. The number of halogens is 1. The Morgan fingerprint density at radius 2 is 1.94 bits per heavy atom. The second-order valence-corrected chi connectivity index (χ2v) is 5.54. The third-order valence-electron chi connectivity index (χ3n) is 3.74. The van der Waals surface area contributed by atoms with Crippen molar-refractivity contribution < 1.29 is 0 Å². The van der Waals surface area contributed by atoms with Gasteiger partial charge < -0.3 is 4.57 Å². The Morgan fingerprint density at radius 1 is 1.12 bits per heavy atom. The highest BCUT2D eigenvalue weighted by Gasteiger charge is 2.17. The van der Waals surface area contributed by atoms with Crippen LogP contribution in [0.3, 0.4) is 0 Å². The van der Waals surface area contributed by atoms with Crippen molar-refractivity contribution in [3.8, 4) is 0 Å². The van der Waals surface area contributed by atoms with E-state index in [2.05, 4.69) is 45.7 Å². The van der Waals surface area contributed by atoms with Crippen LogP contribution in [0.2, 0.25) is 0 Å². The van der Waals surface area contributed by atoms with Crippen LogP contribution in [-0.4, -0.2) is 4.57 Å². The van der Waals surface area contributed by atoms with Crippen LogP contribution in [0.4, 0.5) is 0 Å². The second-order valence-electron chi connectivity index (χ2n) is 4.68. The van der Waals surface area contributed by atoms with Gasteiger partial charge in [-0.25, -0.2) is 0 Å². The van der Waals surface area contributed by atoms with E-state index < -0.39 is 0 Å². The third-order valence-corrected chi connectivity index (χ3v) is 4.38. The van der Waals surface area contributed by atoms with E-state index in [1.54, 1.807) is 11.3 Å². The summed E-state index contributed by atoms with van der Waals surface area (Å²) in [5.41, 5.74) is 4.52. The summed E-state index contributed by atoms with van der Waals surface area (Å²) in [7, 11) is 2.21. The fourth-order valence-corrected chi connectivity index (χ4v) is 3.59. The third kappa shape index (κ3) is 1.43. The van der Waals surface area contributed by atoms with Crippen LogP contribution in [0, 0.1) is 0 Å². The summed E-state index contributed by atoms with van der Waals surface area (Å²) in [5, 5.41) is 1.45. The lowest BCUT2D eigenvalue weighted by Gasteiger charge is -2.04. The lowest BCUT2D eigenvalue weighted by atomic mass is 10.1. The van der Waals surface area contributed by atoms with Crippen molar-refractivity contribution >= 4 is 26.8 Å². The zero-order chi connectivity index (χ0) is 11.1. The van der Waals surface area contributed by atoms with Crippen LogP contribution in [0.25, 0.3) is 10.9 Å². The van der Waals surface area contributed by atoms with Gasteiger partial charge in [-0.15, -0.1) is 0 Å². The molecule has 1 nitrogen and oxygen atoms in total. The van der Waals surface area contributed by atoms with Gasteiger partial charge >= 0.3 is 0 Å². The second kappa shape index (κ2) is 3.92. The van der Waals surface area contributed by atoms with Crippen LogP contribution in [0.5, 0.6) is 0 Å². The molecule has 0 saturated carbocycles. The molecule has 1 aliphatic carbocycles. The Hall–Kier alpha value is -0.760. The molecular weight excluding hydrogens is 262 g/mol. The van der Waals surface area contributed by atoms with E-state index in [0.717, 1.165) is 0 Å². The van der Waals surface area contributed by atoms with E-state index in [-0.39, 0.29) is 0 Å². The van der Waals surface area contributed by atoms with Gasteiger partial charge in [0.15, 0.2) is 0 Å². The molecule has 2 heteroatoms. The molecule has 0 amide bonds. The molecule has 0 radical (unpaired) electrons. The van der Waals surface area contributed by atoms with Crippen LogP contribution in [-0.2, 0) is 19.9 Å². The van der Waals surface area contributed by atoms with E-state index in [1.807, 2.05) is 0 Å². The maximum atomic E-state index is 3.67. The van der Waals surface area contributed by atoms with Gasteiger partial charge in [0.1, 0.15) is 0 Å². The van der Waals surface area contributed by atoms with Gasteiger partial charge in [-0.2, -0.15) is 0 Å². The van der Waals surface area contributed by atoms with Crippen molar-refractivity contribution in [1.82, 2.24) is 4.57 Å². The summed E-state index contributed by atoms with van der Waals surface area (Å²) in [5.74, 6) is 0. The Bertz CT molecular complexity index is 539. The van der Waals surface area contributed by atoms with Crippen LogP contribution in [0.1, 0.15) is 30.5 Å². The molecule has 1 aromatic heterocycles. The van der Waals surface area contributed by atoms with Gasteiger partial charge in [0, 0.05) is 22.6 Å². The molecule has 0 atom stereocenters. The first-order valence-corrected chi connectivity index (χ1v) is 6.83. The highest BCUT2D eigenvalue weighted by Crippen LogP contribution is 2.34. The molecule has 16 heavy (non-hydrogen) atoms. The summed E-state index contributed by atoms with van der Waals surface area (Å²) in [6.45, 7) is 0. The Morgan fingerprint density at radius 3 is 2.81 bits per heavy atom. The number of fused-ring (bicyclic) bond motifs is 3. The molecule has 2 aromatic rings. The molecule has 1 aromatic carbocycles.